The predicted molar refractivity (Wildman–Crippen MR) is 85.9 cm³/mol. The van der Waals surface area contributed by atoms with Gasteiger partial charge in [-0.3, -0.25) is 4.79 Å². The highest BCUT2D eigenvalue weighted by atomic mass is 16.2. The van der Waals surface area contributed by atoms with Crippen molar-refractivity contribution in [2.24, 2.45) is 0 Å². The Morgan fingerprint density at radius 3 is 3.18 bits per heavy atom. The number of para-hydroxylation sites is 1. The van der Waals surface area contributed by atoms with Gasteiger partial charge >= 0.3 is 0 Å². The summed E-state index contributed by atoms with van der Waals surface area (Å²) in [5.74, 6) is 0.849. The van der Waals surface area contributed by atoms with E-state index in [-0.39, 0.29) is 12.5 Å². The number of carbonyl (C=O) groups excluding carboxylic acids is 1. The van der Waals surface area contributed by atoms with E-state index in [0.29, 0.717) is 0 Å². The molecule has 1 aliphatic rings. The molecular weight excluding hydrogens is 278 g/mol. The Kier molecular flexibility index (Phi) is 3.07. The minimum atomic E-state index is -0.0514. The minimum absolute atomic E-state index is 0.0514. The SMILES string of the molecule is O=C(Cn1ccc2ccccc21)Nc1cnn2c1NCCC2. The summed E-state index contributed by atoms with van der Waals surface area (Å²) in [6.07, 6.45) is 4.70. The van der Waals surface area contributed by atoms with Crippen molar-refractivity contribution in [3.05, 3.63) is 42.7 Å². The Hall–Kier alpha value is -2.76. The molecule has 3 heterocycles. The number of nitrogens with zero attached hydrogens (tertiary/aromatic N) is 3. The van der Waals surface area contributed by atoms with E-state index in [2.05, 4.69) is 15.7 Å². The first-order chi connectivity index (χ1) is 10.8. The number of nitrogens with one attached hydrogen (secondary N) is 2. The van der Waals surface area contributed by atoms with Gasteiger partial charge in [-0.1, -0.05) is 18.2 Å². The highest BCUT2D eigenvalue weighted by molar-refractivity contribution is 5.94. The second-order valence-corrected chi connectivity index (χ2v) is 5.46. The van der Waals surface area contributed by atoms with Gasteiger partial charge < -0.3 is 15.2 Å². The lowest BCUT2D eigenvalue weighted by Crippen LogP contribution is -2.21. The fourth-order valence-electron chi connectivity index (χ4n) is 2.89. The van der Waals surface area contributed by atoms with Crippen LogP contribution in [0.25, 0.3) is 10.9 Å². The molecular formula is C16H17N5O. The first kappa shape index (κ1) is 12.9. The van der Waals surface area contributed by atoms with E-state index in [1.807, 2.05) is 45.8 Å². The van der Waals surface area contributed by atoms with Crippen LogP contribution in [0.4, 0.5) is 11.5 Å². The van der Waals surface area contributed by atoms with Crippen LogP contribution in [-0.4, -0.2) is 26.8 Å². The Balaban J connectivity index is 1.52. The number of hydrogen-bond donors (Lipinski definition) is 2. The molecule has 0 fully saturated rings. The summed E-state index contributed by atoms with van der Waals surface area (Å²) in [7, 11) is 0. The number of aromatic nitrogens is 3. The van der Waals surface area contributed by atoms with Crippen molar-refractivity contribution in [3.8, 4) is 0 Å². The summed E-state index contributed by atoms with van der Waals surface area (Å²) in [6.45, 7) is 2.09. The Labute approximate surface area is 127 Å². The molecule has 0 bridgehead atoms. The van der Waals surface area contributed by atoms with Crippen LogP contribution >= 0.6 is 0 Å². The minimum Gasteiger partial charge on any atom is -0.368 e. The third-order valence-corrected chi connectivity index (χ3v) is 3.95. The molecule has 0 unspecified atom stereocenters. The lowest BCUT2D eigenvalue weighted by molar-refractivity contribution is -0.116. The molecule has 1 amide bonds. The first-order valence-corrected chi connectivity index (χ1v) is 7.45. The highest BCUT2D eigenvalue weighted by Gasteiger charge is 2.16. The van der Waals surface area contributed by atoms with Crippen molar-refractivity contribution in [1.82, 2.24) is 14.3 Å². The molecule has 0 saturated carbocycles. The van der Waals surface area contributed by atoms with Crippen molar-refractivity contribution in [2.75, 3.05) is 17.2 Å². The lowest BCUT2D eigenvalue weighted by atomic mass is 10.2. The summed E-state index contributed by atoms with van der Waals surface area (Å²) in [5, 5.41) is 11.7. The summed E-state index contributed by atoms with van der Waals surface area (Å²) in [5.41, 5.74) is 1.81. The second-order valence-electron chi connectivity index (χ2n) is 5.46. The van der Waals surface area contributed by atoms with E-state index in [1.165, 1.54) is 0 Å². The third-order valence-electron chi connectivity index (χ3n) is 3.95. The zero-order valence-electron chi connectivity index (χ0n) is 12.1. The Morgan fingerprint density at radius 1 is 1.32 bits per heavy atom. The third kappa shape index (κ3) is 2.22. The monoisotopic (exact) mass is 295 g/mol. The molecule has 0 atom stereocenters. The van der Waals surface area contributed by atoms with Crippen molar-refractivity contribution in [1.29, 1.82) is 0 Å². The van der Waals surface area contributed by atoms with Gasteiger partial charge in [0.2, 0.25) is 5.91 Å². The van der Waals surface area contributed by atoms with E-state index in [1.54, 1.807) is 6.20 Å². The maximum atomic E-state index is 12.3. The number of amides is 1. The van der Waals surface area contributed by atoms with Crippen LogP contribution in [0.3, 0.4) is 0 Å². The van der Waals surface area contributed by atoms with Crippen LogP contribution in [0, 0.1) is 0 Å². The number of benzene rings is 1. The van der Waals surface area contributed by atoms with Crippen molar-refractivity contribution in [2.45, 2.75) is 19.5 Å². The summed E-state index contributed by atoms with van der Waals surface area (Å²) < 4.78 is 3.85. The highest BCUT2D eigenvalue weighted by Crippen LogP contribution is 2.24. The summed E-state index contributed by atoms with van der Waals surface area (Å²) >= 11 is 0. The van der Waals surface area contributed by atoms with Gasteiger partial charge in [0.25, 0.3) is 0 Å². The summed E-state index contributed by atoms with van der Waals surface area (Å²) in [4.78, 5) is 12.3. The molecule has 0 spiro atoms. The standard InChI is InChI=1S/C16H17N5O/c22-15(11-20-9-6-12-4-1-2-5-14(12)20)19-13-10-18-21-8-3-7-17-16(13)21/h1-2,4-6,9-10,17H,3,7-8,11H2,(H,19,22). The maximum Gasteiger partial charge on any atom is 0.244 e. The van der Waals surface area contributed by atoms with E-state index >= 15 is 0 Å². The van der Waals surface area contributed by atoms with Crippen LogP contribution < -0.4 is 10.6 Å². The number of fused-ring (bicyclic) bond motifs is 2. The van der Waals surface area contributed by atoms with E-state index < -0.39 is 0 Å². The number of rotatable bonds is 3. The van der Waals surface area contributed by atoms with Gasteiger partial charge in [0, 0.05) is 24.8 Å². The molecule has 2 aromatic heterocycles. The zero-order chi connectivity index (χ0) is 14.9. The van der Waals surface area contributed by atoms with Crippen LogP contribution in [0.1, 0.15) is 6.42 Å². The van der Waals surface area contributed by atoms with Gasteiger partial charge in [-0.2, -0.15) is 5.10 Å². The smallest absolute Gasteiger partial charge is 0.244 e. The van der Waals surface area contributed by atoms with Crippen molar-refractivity contribution >= 4 is 28.3 Å². The van der Waals surface area contributed by atoms with Gasteiger partial charge in [0.05, 0.1) is 6.20 Å². The molecule has 6 nitrogen and oxygen atoms in total. The molecule has 22 heavy (non-hydrogen) atoms. The zero-order valence-corrected chi connectivity index (χ0v) is 12.1. The van der Waals surface area contributed by atoms with E-state index in [9.17, 15) is 4.79 Å². The van der Waals surface area contributed by atoms with Crippen LogP contribution in [0.15, 0.2) is 42.7 Å². The summed E-state index contributed by atoms with van der Waals surface area (Å²) in [6, 6.07) is 10.1. The topological polar surface area (TPSA) is 63.9 Å². The molecule has 1 aromatic carbocycles. The van der Waals surface area contributed by atoms with Crippen molar-refractivity contribution in [3.63, 3.8) is 0 Å². The maximum absolute atomic E-state index is 12.3. The predicted octanol–water partition coefficient (Wildman–Crippen LogP) is 2.29. The average molecular weight is 295 g/mol. The molecule has 4 rings (SSSR count). The van der Waals surface area contributed by atoms with Crippen molar-refractivity contribution < 1.29 is 4.79 Å². The largest absolute Gasteiger partial charge is 0.368 e. The van der Waals surface area contributed by atoms with Gasteiger partial charge in [-0.25, -0.2) is 4.68 Å². The van der Waals surface area contributed by atoms with Crippen LogP contribution in [0.2, 0.25) is 0 Å². The molecule has 0 radical (unpaired) electrons. The number of hydrogen-bond acceptors (Lipinski definition) is 3. The Morgan fingerprint density at radius 2 is 2.23 bits per heavy atom. The molecule has 0 aliphatic carbocycles. The van der Waals surface area contributed by atoms with Gasteiger partial charge in [-0.05, 0) is 23.9 Å². The van der Waals surface area contributed by atoms with Gasteiger partial charge in [-0.15, -0.1) is 0 Å². The average Bonchev–Trinajstić information content (AvgIpc) is 3.13. The number of anilines is 2. The fraction of sp³-hybridized carbons (Fsp3) is 0.250. The van der Waals surface area contributed by atoms with Gasteiger partial charge in [0.15, 0.2) is 0 Å². The molecule has 6 heteroatoms. The first-order valence-electron chi connectivity index (χ1n) is 7.45. The van der Waals surface area contributed by atoms with Crippen LogP contribution in [0.5, 0.6) is 0 Å². The normalized spacial score (nSPS) is 13.6. The molecule has 1 aliphatic heterocycles. The molecule has 0 saturated heterocycles. The van der Waals surface area contributed by atoms with Crippen LogP contribution in [-0.2, 0) is 17.9 Å². The molecule has 112 valence electrons. The van der Waals surface area contributed by atoms with E-state index in [4.69, 9.17) is 0 Å². The quantitative estimate of drug-likeness (QED) is 0.779. The molecule has 2 N–H and O–H groups in total. The number of aryl methyl sites for hydroxylation is 1. The van der Waals surface area contributed by atoms with Gasteiger partial charge in [0.1, 0.15) is 18.1 Å². The Bertz CT molecular complexity index is 832. The van der Waals surface area contributed by atoms with E-state index in [0.717, 1.165) is 41.9 Å². The lowest BCUT2D eigenvalue weighted by Gasteiger charge is -2.17. The second kappa shape index (κ2) is 5.22. The number of carbonyl (C=O) groups is 1. The fourth-order valence-corrected chi connectivity index (χ4v) is 2.89. The molecule has 3 aromatic rings.